The molecule has 94 valence electrons. The second kappa shape index (κ2) is 6.20. The number of hydrogen-bond acceptors (Lipinski definition) is 3. The van der Waals surface area contributed by atoms with E-state index >= 15 is 0 Å². The number of halogens is 1. The molecule has 0 spiro atoms. The molecular weight excluding hydrogens is 223 g/mol. The summed E-state index contributed by atoms with van der Waals surface area (Å²) in [4.78, 5) is 11.2. The fourth-order valence-corrected chi connectivity index (χ4v) is 1.40. The van der Waals surface area contributed by atoms with E-state index in [0.717, 1.165) is 5.56 Å². The molecule has 1 rings (SSSR count). The van der Waals surface area contributed by atoms with Crippen LogP contribution in [0, 0.1) is 5.82 Å². The highest BCUT2D eigenvalue weighted by Gasteiger charge is 2.10. The van der Waals surface area contributed by atoms with Crippen molar-refractivity contribution in [1.29, 1.82) is 0 Å². The summed E-state index contributed by atoms with van der Waals surface area (Å²) in [6.07, 6.45) is 0. The summed E-state index contributed by atoms with van der Waals surface area (Å²) in [5.41, 5.74) is 0.763. The summed E-state index contributed by atoms with van der Waals surface area (Å²) < 4.78 is 18.2. The Bertz CT molecular complexity index is 396. The summed E-state index contributed by atoms with van der Waals surface area (Å²) in [6.45, 7) is 2.17. The van der Waals surface area contributed by atoms with E-state index in [9.17, 15) is 9.18 Å². The standard InChI is InChI=1S/C12H17FN2O2/c1-8(12(16)14-2)15-7-9-4-5-11(17-3)10(13)6-9/h4-6,8,15H,7H2,1-3H3,(H,14,16). The molecule has 1 aromatic carbocycles. The Kier molecular flexibility index (Phi) is 4.90. The van der Waals surface area contributed by atoms with Gasteiger partial charge in [0, 0.05) is 13.6 Å². The molecule has 0 bridgehead atoms. The lowest BCUT2D eigenvalue weighted by atomic mass is 10.2. The molecule has 0 aliphatic carbocycles. The van der Waals surface area contributed by atoms with E-state index < -0.39 is 5.82 Å². The normalized spacial score (nSPS) is 12.0. The van der Waals surface area contributed by atoms with Gasteiger partial charge in [0.05, 0.1) is 13.2 Å². The van der Waals surface area contributed by atoms with Gasteiger partial charge in [0.15, 0.2) is 11.6 Å². The van der Waals surface area contributed by atoms with Crippen LogP contribution in [0.15, 0.2) is 18.2 Å². The SMILES string of the molecule is CNC(=O)C(C)NCc1ccc(OC)c(F)c1. The van der Waals surface area contributed by atoms with Crippen molar-refractivity contribution >= 4 is 5.91 Å². The van der Waals surface area contributed by atoms with Crippen molar-refractivity contribution < 1.29 is 13.9 Å². The van der Waals surface area contributed by atoms with E-state index in [1.54, 1.807) is 26.1 Å². The quantitative estimate of drug-likeness (QED) is 0.809. The van der Waals surface area contributed by atoms with Gasteiger partial charge < -0.3 is 15.4 Å². The van der Waals surface area contributed by atoms with Crippen LogP contribution in [-0.2, 0) is 11.3 Å². The minimum Gasteiger partial charge on any atom is -0.494 e. The van der Waals surface area contributed by atoms with Gasteiger partial charge in [-0.25, -0.2) is 4.39 Å². The number of hydrogen-bond donors (Lipinski definition) is 2. The molecule has 0 fully saturated rings. The van der Waals surface area contributed by atoms with Crippen molar-refractivity contribution in [3.8, 4) is 5.75 Å². The molecule has 5 heteroatoms. The largest absolute Gasteiger partial charge is 0.494 e. The third-order valence-corrected chi connectivity index (χ3v) is 2.47. The number of rotatable bonds is 5. The Morgan fingerprint density at radius 3 is 2.76 bits per heavy atom. The predicted octanol–water partition coefficient (Wildman–Crippen LogP) is 1.06. The molecule has 0 radical (unpaired) electrons. The average Bonchev–Trinajstić information content (AvgIpc) is 2.35. The van der Waals surface area contributed by atoms with Gasteiger partial charge in [0.25, 0.3) is 0 Å². The third kappa shape index (κ3) is 3.71. The number of nitrogens with one attached hydrogen (secondary N) is 2. The van der Waals surface area contributed by atoms with Gasteiger partial charge in [-0.1, -0.05) is 6.07 Å². The maximum absolute atomic E-state index is 13.4. The maximum atomic E-state index is 13.4. The van der Waals surface area contributed by atoms with Gasteiger partial charge >= 0.3 is 0 Å². The smallest absolute Gasteiger partial charge is 0.236 e. The number of ether oxygens (including phenoxy) is 1. The summed E-state index contributed by atoms with van der Waals surface area (Å²) in [6, 6.07) is 4.40. The Hall–Kier alpha value is -1.62. The Morgan fingerprint density at radius 2 is 2.24 bits per heavy atom. The molecule has 1 amide bonds. The van der Waals surface area contributed by atoms with E-state index in [-0.39, 0.29) is 17.7 Å². The summed E-state index contributed by atoms with van der Waals surface area (Å²) in [7, 11) is 3.00. The van der Waals surface area contributed by atoms with Crippen molar-refractivity contribution in [3.63, 3.8) is 0 Å². The van der Waals surface area contributed by atoms with E-state index in [1.807, 2.05) is 0 Å². The number of methoxy groups -OCH3 is 1. The third-order valence-electron chi connectivity index (χ3n) is 2.47. The Balaban J connectivity index is 2.58. The molecule has 0 aliphatic heterocycles. The molecule has 0 aromatic heterocycles. The van der Waals surface area contributed by atoms with E-state index in [0.29, 0.717) is 6.54 Å². The first-order valence-corrected chi connectivity index (χ1v) is 5.36. The van der Waals surface area contributed by atoms with E-state index in [2.05, 4.69) is 10.6 Å². The molecule has 1 atom stereocenters. The lowest BCUT2D eigenvalue weighted by Gasteiger charge is -2.12. The molecule has 0 heterocycles. The van der Waals surface area contributed by atoms with Gasteiger partial charge in [-0.15, -0.1) is 0 Å². The van der Waals surface area contributed by atoms with Crippen molar-refractivity contribution in [1.82, 2.24) is 10.6 Å². The molecular formula is C12H17FN2O2. The van der Waals surface area contributed by atoms with Crippen LogP contribution in [0.3, 0.4) is 0 Å². The van der Waals surface area contributed by atoms with Crippen LogP contribution in [-0.4, -0.2) is 26.1 Å². The van der Waals surface area contributed by atoms with Gasteiger partial charge in [-0.3, -0.25) is 4.79 Å². The first kappa shape index (κ1) is 13.4. The molecule has 0 aliphatic rings. The van der Waals surface area contributed by atoms with Crippen molar-refractivity contribution in [2.75, 3.05) is 14.2 Å². The summed E-state index contributed by atoms with van der Waals surface area (Å²) in [5, 5.41) is 5.53. The van der Waals surface area contributed by atoms with Gasteiger partial charge in [0.1, 0.15) is 0 Å². The highest BCUT2D eigenvalue weighted by Crippen LogP contribution is 2.17. The molecule has 1 unspecified atom stereocenters. The lowest BCUT2D eigenvalue weighted by Crippen LogP contribution is -2.40. The number of amides is 1. The number of carbonyl (C=O) groups excluding carboxylic acids is 1. The predicted molar refractivity (Wildman–Crippen MR) is 63.3 cm³/mol. The van der Waals surface area contributed by atoms with Crippen LogP contribution in [0.2, 0.25) is 0 Å². The zero-order chi connectivity index (χ0) is 12.8. The van der Waals surface area contributed by atoms with Crippen molar-refractivity contribution in [2.45, 2.75) is 19.5 Å². The van der Waals surface area contributed by atoms with Crippen LogP contribution in [0.25, 0.3) is 0 Å². The topological polar surface area (TPSA) is 50.4 Å². The second-order valence-corrected chi connectivity index (χ2v) is 3.69. The minimum atomic E-state index is -0.403. The van der Waals surface area contributed by atoms with Gasteiger partial charge in [0.2, 0.25) is 5.91 Å². The molecule has 4 nitrogen and oxygen atoms in total. The molecule has 0 saturated carbocycles. The van der Waals surface area contributed by atoms with Crippen LogP contribution >= 0.6 is 0 Å². The number of carbonyl (C=O) groups is 1. The first-order valence-electron chi connectivity index (χ1n) is 5.36. The van der Waals surface area contributed by atoms with Crippen molar-refractivity contribution in [3.05, 3.63) is 29.6 Å². The highest BCUT2D eigenvalue weighted by atomic mass is 19.1. The monoisotopic (exact) mass is 240 g/mol. The van der Waals surface area contributed by atoms with E-state index in [1.165, 1.54) is 13.2 Å². The maximum Gasteiger partial charge on any atom is 0.236 e. The zero-order valence-corrected chi connectivity index (χ0v) is 10.2. The van der Waals surface area contributed by atoms with Crippen molar-refractivity contribution in [2.24, 2.45) is 0 Å². The van der Waals surface area contributed by atoms with Gasteiger partial charge in [-0.05, 0) is 24.6 Å². The fourth-order valence-electron chi connectivity index (χ4n) is 1.40. The Labute approximate surface area is 100 Å². The number of benzene rings is 1. The van der Waals surface area contributed by atoms with Crippen LogP contribution in [0.1, 0.15) is 12.5 Å². The molecule has 17 heavy (non-hydrogen) atoms. The fraction of sp³-hybridized carbons (Fsp3) is 0.417. The minimum absolute atomic E-state index is 0.0982. The van der Waals surface area contributed by atoms with E-state index in [4.69, 9.17) is 4.74 Å². The highest BCUT2D eigenvalue weighted by molar-refractivity contribution is 5.80. The Morgan fingerprint density at radius 1 is 1.53 bits per heavy atom. The molecule has 0 saturated heterocycles. The second-order valence-electron chi connectivity index (χ2n) is 3.69. The average molecular weight is 240 g/mol. The number of likely N-dealkylation sites (N-methyl/N-ethyl adjacent to an activating group) is 1. The zero-order valence-electron chi connectivity index (χ0n) is 10.2. The van der Waals surface area contributed by atoms with Crippen LogP contribution < -0.4 is 15.4 Å². The summed E-state index contributed by atoms with van der Waals surface area (Å²) in [5.74, 6) is -0.286. The van der Waals surface area contributed by atoms with Crippen LogP contribution in [0.5, 0.6) is 5.75 Å². The van der Waals surface area contributed by atoms with Crippen LogP contribution in [0.4, 0.5) is 4.39 Å². The molecule has 2 N–H and O–H groups in total. The first-order chi connectivity index (χ1) is 8.08. The van der Waals surface area contributed by atoms with Gasteiger partial charge in [-0.2, -0.15) is 0 Å². The lowest BCUT2D eigenvalue weighted by molar-refractivity contribution is -0.122. The summed E-state index contributed by atoms with van der Waals surface area (Å²) >= 11 is 0. The molecule has 1 aromatic rings.